The van der Waals surface area contributed by atoms with E-state index in [2.05, 4.69) is 147 Å². The number of hydrazone groups is 1. The molecule has 4 atom stereocenters. The van der Waals surface area contributed by atoms with Gasteiger partial charge in [0.25, 0.3) is 0 Å². The molecule has 4 aromatic carbocycles. The van der Waals surface area contributed by atoms with E-state index in [9.17, 15) is 32.6 Å². The van der Waals surface area contributed by atoms with Crippen molar-refractivity contribution >= 4 is 11.5 Å². The first kappa shape index (κ1) is 62.5. The Morgan fingerprint density at radius 2 is 1.00 bits per heavy atom. The fourth-order valence-electron chi connectivity index (χ4n) is 10.2. The van der Waals surface area contributed by atoms with Crippen LogP contribution in [0.25, 0.3) is 0 Å². The highest BCUT2D eigenvalue weighted by molar-refractivity contribution is 5.85. The summed E-state index contributed by atoms with van der Waals surface area (Å²) in [4.78, 5) is 12.1. The van der Waals surface area contributed by atoms with E-state index in [1.807, 2.05) is 6.07 Å². The second kappa shape index (κ2) is 28.0. The summed E-state index contributed by atoms with van der Waals surface area (Å²) in [6, 6.07) is 22.4. The lowest BCUT2D eigenvalue weighted by Crippen LogP contribution is -2.50. The summed E-state index contributed by atoms with van der Waals surface area (Å²) in [6.45, 7) is 13.5. The van der Waals surface area contributed by atoms with Gasteiger partial charge in [-0.2, -0.15) is 5.10 Å². The zero-order valence-corrected chi connectivity index (χ0v) is 45.4. The summed E-state index contributed by atoms with van der Waals surface area (Å²) >= 11 is 0. The van der Waals surface area contributed by atoms with Crippen LogP contribution in [0.3, 0.4) is 0 Å². The lowest BCUT2D eigenvalue weighted by molar-refractivity contribution is -0.121. The molecule has 0 amide bonds. The van der Waals surface area contributed by atoms with Gasteiger partial charge in [-0.05, 0) is 148 Å². The van der Waals surface area contributed by atoms with Gasteiger partial charge in [0.05, 0.1) is 24.3 Å². The van der Waals surface area contributed by atoms with Gasteiger partial charge in [-0.25, -0.2) is 26.9 Å². The maximum Gasteiger partial charge on any atom is 0.138 e. The fourth-order valence-corrected chi connectivity index (χ4v) is 10.2. The van der Waals surface area contributed by atoms with Crippen molar-refractivity contribution in [1.29, 1.82) is 0 Å². The third-order valence-corrected chi connectivity index (χ3v) is 14.5. The topological polar surface area (TPSA) is 231 Å². The molecule has 2 saturated carbocycles. The molecule has 8 N–H and O–H groups in total. The van der Waals surface area contributed by atoms with Crippen LogP contribution in [0.2, 0.25) is 0 Å². The summed E-state index contributed by atoms with van der Waals surface area (Å²) in [5.74, 6) is 2.14. The van der Waals surface area contributed by atoms with Crippen LogP contribution in [0, 0.1) is 23.3 Å². The molecule has 2 aliphatic carbocycles. The lowest BCUT2D eigenvalue weighted by Gasteiger charge is -2.41. The number of nitrogens with one attached hydrogen (secondary N) is 4. The number of aliphatic hydroxyl groups excluding tert-OH is 2. The molecule has 4 unspecified atom stereocenters. The van der Waals surface area contributed by atoms with E-state index in [-0.39, 0.29) is 55.5 Å². The van der Waals surface area contributed by atoms with Crippen molar-refractivity contribution < 1.29 is 32.6 Å². The Kier molecular flexibility index (Phi) is 22.4. The minimum atomic E-state index is -0.972. The van der Waals surface area contributed by atoms with Crippen molar-refractivity contribution in [3.05, 3.63) is 154 Å². The van der Waals surface area contributed by atoms with Gasteiger partial charge < -0.3 is 26.3 Å². The quantitative estimate of drug-likeness (QED) is 0.0263. The SMILES string of the molecule is C.CC(C)(C)c1cccc(C2(NCC(O)C(Cc3cc(F)cc(F)c3)n3cnnn3)CCC(=O)CC2)c1.CNN.CNN=C1CCC(NCC(O)C(Cc2cc(F)cc(F)c2)n2cnnn2)(c2cccc(C(C)(C)C)c2)CC1. The number of rotatable bonds is 17. The zero-order chi connectivity index (χ0) is 56.0. The van der Waals surface area contributed by atoms with Crippen molar-refractivity contribution in [2.75, 3.05) is 27.2 Å². The number of carbonyl (C=O) groups excluding carboxylic acids is 1. The molecule has 0 saturated heterocycles. The van der Waals surface area contributed by atoms with E-state index in [0.717, 1.165) is 49.1 Å². The van der Waals surface area contributed by atoms with Crippen LogP contribution in [0.5, 0.6) is 0 Å². The van der Waals surface area contributed by atoms with Crippen LogP contribution in [0.15, 0.2) is 103 Å². The van der Waals surface area contributed by atoms with E-state index in [1.165, 1.54) is 63.0 Å². The standard InChI is InChI=1S/C28H37F2N7O.C27H33F2N5O2.CH6N2.CH4/c1-27(2,3)20-6-5-7-21(15-20)28(10-8-24(9-11-28)34-31-4)32-17-26(38)25(37-18-33-35-36-37)14-19-12-22(29)16-23(30)13-19;1-26(2,3)19-5-4-6-20(14-19)27(9-7-23(35)8-10-27)30-16-25(36)24(34-17-31-32-33-34)13-18-11-21(28)15-22(29)12-18;1-3-2;/h5-7,12-13,15-16,18,25-26,31-32,38H,8-11,14,17H2,1-4H3;4-6,11-12,14-15,17,24-25,30,36H,7-10,13,16H2,1-3H3;3H,2H2,1H3;1H4. The van der Waals surface area contributed by atoms with Gasteiger partial charge in [-0.15, -0.1) is 10.2 Å². The highest BCUT2D eigenvalue weighted by Crippen LogP contribution is 2.40. The van der Waals surface area contributed by atoms with Crippen LogP contribution < -0.4 is 27.3 Å². The van der Waals surface area contributed by atoms with Gasteiger partial charge in [-0.3, -0.25) is 16.1 Å². The van der Waals surface area contributed by atoms with E-state index in [1.54, 1.807) is 14.1 Å². The Hall–Kier alpha value is -6.36. The molecular weight excluding hydrogens is 1000 g/mol. The maximum atomic E-state index is 13.9. The average molecular weight is 1090 g/mol. The minimum Gasteiger partial charge on any atom is -0.390 e. The largest absolute Gasteiger partial charge is 0.390 e. The number of nitrogens with zero attached hydrogens (tertiary/aromatic N) is 9. The smallest absolute Gasteiger partial charge is 0.138 e. The van der Waals surface area contributed by atoms with Gasteiger partial charge in [0.15, 0.2) is 0 Å². The normalized spacial score (nSPS) is 18.0. The van der Waals surface area contributed by atoms with Crippen molar-refractivity contribution in [2.24, 2.45) is 10.9 Å². The number of Topliss-reactive ketones (excluding diaryl/α,β-unsaturated/α-hetero) is 1. The third kappa shape index (κ3) is 17.1. The second-order valence-electron chi connectivity index (χ2n) is 22.1. The van der Waals surface area contributed by atoms with E-state index >= 15 is 0 Å². The number of benzene rings is 4. The number of ketones is 1. The minimum absolute atomic E-state index is 0. The number of hydrazine groups is 1. The number of hydrogen-bond acceptors (Lipinski definition) is 15. The Labute approximate surface area is 456 Å². The van der Waals surface area contributed by atoms with Crippen LogP contribution in [0.4, 0.5) is 17.6 Å². The Morgan fingerprint density at radius 1 is 0.628 bits per heavy atom. The predicted octanol–water partition coefficient (Wildman–Crippen LogP) is 7.77. The number of nitrogens with two attached hydrogens (primary N) is 1. The number of aromatic nitrogens is 8. The van der Waals surface area contributed by atoms with Gasteiger partial charge in [0.2, 0.25) is 0 Å². The van der Waals surface area contributed by atoms with Gasteiger partial charge >= 0.3 is 0 Å². The van der Waals surface area contributed by atoms with Crippen LogP contribution in [-0.2, 0) is 39.5 Å². The van der Waals surface area contributed by atoms with Crippen LogP contribution >= 0.6 is 0 Å². The van der Waals surface area contributed by atoms with Crippen LogP contribution in [-0.4, -0.2) is 102 Å². The van der Waals surface area contributed by atoms with Crippen LogP contribution in [0.1, 0.15) is 146 Å². The number of carbonyl (C=O) groups is 1. The molecule has 2 fully saturated rings. The van der Waals surface area contributed by atoms with Gasteiger partial charge in [0.1, 0.15) is 41.7 Å². The van der Waals surface area contributed by atoms with Crippen molar-refractivity contribution in [2.45, 2.75) is 159 Å². The fraction of sp³-hybridized carbons (Fsp3) is 0.509. The molecule has 6 aromatic rings. The molecule has 17 nitrogen and oxygen atoms in total. The molecule has 8 rings (SSSR count). The molecule has 2 aliphatic rings. The van der Waals surface area contributed by atoms with E-state index < -0.39 is 53.1 Å². The Morgan fingerprint density at radius 3 is 1.33 bits per heavy atom. The van der Waals surface area contributed by atoms with E-state index in [4.69, 9.17) is 0 Å². The molecule has 0 spiro atoms. The highest BCUT2D eigenvalue weighted by atomic mass is 19.1. The van der Waals surface area contributed by atoms with Crippen molar-refractivity contribution in [3.63, 3.8) is 0 Å². The zero-order valence-electron chi connectivity index (χ0n) is 45.4. The first-order valence-corrected chi connectivity index (χ1v) is 26.1. The summed E-state index contributed by atoms with van der Waals surface area (Å²) < 4.78 is 58.2. The van der Waals surface area contributed by atoms with Crippen molar-refractivity contribution in [3.8, 4) is 0 Å². The monoisotopic (exact) mass is 1080 g/mol. The van der Waals surface area contributed by atoms with E-state index in [0.29, 0.717) is 36.8 Å². The highest BCUT2D eigenvalue weighted by Gasteiger charge is 2.39. The number of aliphatic hydroxyl groups is 2. The lowest BCUT2D eigenvalue weighted by atomic mass is 9.74. The molecular formula is C57H80F4N14O3. The molecule has 21 heteroatoms. The molecule has 0 aliphatic heterocycles. The second-order valence-corrected chi connectivity index (χ2v) is 22.1. The molecule has 2 aromatic heterocycles. The molecule has 78 heavy (non-hydrogen) atoms. The molecule has 2 heterocycles. The average Bonchev–Trinajstić information content (AvgIpc) is 4.20. The number of halogens is 4. The summed E-state index contributed by atoms with van der Waals surface area (Å²) in [5, 5.41) is 57.0. The first-order valence-electron chi connectivity index (χ1n) is 26.1. The maximum absolute atomic E-state index is 13.9. The van der Waals surface area contributed by atoms with Crippen molar-refractivity contribution in [1.82, 2.24) is 61.9 Å². The molecule has 0 bridgehead atoms. The predicted molar refractivity (Wildman–Crippen MR) is 294 cm³/mol. The Balaban J connectivity index is 0.000000271. The third-order valence-electron chi connectivity index (χ3n) is 14.5. The number of hydrogen-bond donors (Lipinski definition) is 7. The molecule has 424 valence electrons. The summed E-state index contributed by atoms with van der Waals surface area (Å²) in [7, 11) is 3.46. The first-order chi connectivity index (χ1) is 36.6. The summed E-state index contributed by atoms with van der Waals surface area (Å²) in [5.41, 5.74) is 10.9. The number of tetrazole rings is 2. The molecule has 0 radical (unpaired) electrons. The summed E-state index contributed by atoms with van der Waals surface area (Å²) in [6.07, 6.45) is 6.62. The Bertz CT molecular complexity index is 2780. The van der Waals surface area contributed by atoms with Gasteiger partial charge in [-0.1, -0.05) is 97.5 Å². The van der Waals surface area contributed by atoms with Gasteiger partial charge in [0, 0.05) is 61.9 Å².